The summed E-state index contributed by atoms with van der Waals surface area (Å²) in [5.41, 5.74) is 5.74. The molecular formula is C35H36N4O7. The highest BCUT2D eigenvalue weighted by molar-refractivity contribution is 5.95. The average molecular weight is 625 g/mol. The highest BCUT2D eigenvalue weighted by atomic mass is 16.5. The number of urea groups is 1. The maximum absolute atomic E-state index is 12.5. The second kappa shape index (κ2) is 15.0. The van der Waals surface area contributed by atoms with Crippen molar-refractivity contribution in [3.63, 3.8) is 0 Å². The third-order valence-electron chi connectivity index (χ3n) is 7.28. The zero-order valence-corrected chi connectivity index (χ0v) is 25.8. The fourth-order valence-corrected chi connectivity index (χ4v) is 5.11. The van der Waals surface area contributed by atoms with Crippen molar-refractivity contribution >= 4 is 29.0 Å². The van der Waals surface area contributed by atoms with E-state index in [1.54, 1.807) is 31.3 Å². The van der Waals surface area contributed by atoms with Gasteiger partial charge in [0.25, 0.3) is 0 Å². The molecule has 0 aliphatic carbocycles. The Bertz CT molecular complexity index is 1770. The summed E-state index contributed by atoms with van der Waals surface area (Å²) < 4.78 is 22.7. The molecule has 4 aromatic rings. The number of allylic oxidation sites excluding steroid dienone is 1. The summed E-state index contributed by atoms with van der Waals surface area (Å²) in [7, 11) is 1.28. The molecule has 0 fully saturated rings. The number of benzene rings is 4. The second-order valence-corrected chi connectivity index (χ2v) is 10.4. The topological polar surface area (TPSA) is 140 Å². The number of methoxy groups -OCH3 is 1. The molecule has 5 rings (SSSR count). The number of rotatable bonds is 13. The largest absolute Gasteiger partial charge is 0.490 e. The van der Waals surface area contributed by atoms with E-state index in [1.807, 2.05) is 55.5 Å². The monoisotopic (exact) mass is 624 g/mol. The fourth-order valence-electron chi connectivity index (χ4n) is 5.11. The third-order valence-corrected chi connectivity index (χ3v) is 7.28. The Morgan fingerprint density at radius 1 is 0.978 bits per heavy atom. The summed E-state index contributed by atoms with van der Waals surface area (Å²) in [6.45, 7) is 4.03. The minimum absolute atomic E-state index is 0.146. The minimum Gasteiger partial charge on any atom is -0.490 e. The molecule has 2 amide bonds. The van der Waals surface area contributed by atoms with Crippen molar-refractivity contribution in [3.05, 3.63) is 113 Å². The maximum Gasteiger partial charge on any atom is 0.337 e. The van der Waals surface area contributed by atoms with E-state index in [0.29, 0.717) is 41.7 Å². The zero-order chi connectivity index (χ0) is 32.5. The lowest BCUT2D eigenvalue weighted by Gasteiger charge is -2.28. The van der Waals surface area contributed by atoms with Gasteiger partial charge in [-0.1, -0.05) is 60.7 Å². The number of fused-ring (bicyclic) bond motifs is 1. The number of aliphatic hydroxyl groups excluding tert-OH is 1. The van der Waals surface area contributed by atoms with E-state index in [-0.39, 0.29) is 12.2 Å². The number of carbonyl (C=O) groups excluding carboxylic acids is 2. The van der Waals surface area contributed by atoms with Crippen LogP contribution in [0.5, 0.6) is 17.2 Å². The molecule has 11 nitrogen and oxygen atoms in total. The predicted octanol–water partition coefficient (Wildman–Crippen LogP) is 4.94. The first-order valence-electron chi connectivity index (χ1n) is 14.8. The summed E-state index contributed by atoms with van der Waals surface area (Å²) in [5, 5.41) is 22.4. The first kappa shape index (κ1) is 31.9. The molecule has 11 heteroatoms. The van der Waals surface area contributed by atoms with Crippen LogP contribution in [-0.4, -0.2) is 49.9 Å². The lowest BCUT2D eigenvalue weighted by atomic mass is 9.95. The Morgan fingerprint density at radius 2 is 1.76 bits per heavy atom. The molecule has 2 atom stereocenters. The van der Waals surface area contributed by atoms with E-state index in [4.69, 9.17) is 18.9 Å². The van der Waals surface area contributed by atoms with E-state index in [1.165, 1.54) is 7.11 Å². The van der Waals surface area contributed by atoms with Gasteiger partial charge in [0.15, 0.2) is 17.7 Å². The van der Waals surface area contributed by atoms with Gasteiger partial charge in [0.2, 0.25) is 0 Å². The highest BCUT2D eigenvalue weighted by Gasteiger charge is 2.32. The summed E-state index contributed by atoms with van der Waals surface area (Å²) in [4.78, 5) is 24.7. The van der Waals surface area contributed by atoms with Crippen LogP contribution in [0.4, 0.5) is 4.79 Å². The van der Waals surface area contributed by atoms with Crippen LogP contribution < -0.4 is 30.3 Å². The predicted molar refractivity (Wildman–Crippen MR) is 174 cm³/mol. The van der Waals surface area contributed by atoms with E-state index >= 15 is 0 Å². The van der Waals surface area contributed by atoms with Gasteiger partial charge in [-0.15, -0.1) is 0 Å². The Kier molecular flexibility index (Phi) is 10.4. The Labute approximate surface area is 266 Å². The number of hydrogen-bond donors (Lipinski definition) is 4. The molecule has 4 aromatic carbocycles. The molecule has 238 valence electrons. The fraction of sp³-hybridized carbons (Fsp3) is 0.229. The molecule has 0 aromatic heterocycles. The standard InChI is InChI=1S/C35H36N4O7/c1-4-44-30-18-24(33-32(34(41)43-3)22(2)37-35(42)38-33)16-17-29(30)46-21-31(40)39-36-19-25-11-6-8-15-28(25)45-20-26-13-9-12-23-10-5-7-14-27(23)26/h5-19,31,33,39-40H,4,20-21H2,1-3H3,(H2,37,38,42)/b36-19+/t31-,33+/m0/s1. The van der Waals surface area contributed by atoms with Gasteiger partial charge in [0.1, 0.15) is 19.0 Å². The molecule has 0 bridgehead atoms. The molecule has 1 aliphatic heterocycles. The number of esters is 1. The smallest absolute Gasteiger partial charge is 0.337 e. The lowest BCUT2D eigenvalue weighted by molar-refractivity contribution is -0.136. The van der Waals surface area contributed by atoms with E-state index in [2.05, 4.69) is 39.4 Å². The summed E-state index contributed by atoms with van der Waals surface area (Å²) in [6, 6.07) is 25.6. The van der Waals surface area contributed by atoms with Gasteiger partial charge in [-0.25, -0.2) is 9.59 Å². The van der Waals surface area contributed by atoms with Crippen molar-refractivity contribution in [3.8, 4) is 17.2 Å². The van der Waals surface area contributed by atoms with Crippen molar-refractivity contribution in [1.82, 2.24) is 16.1 Å². The summed E-state index contributed by atoms with van der Waals surface area (Å²) in [5.74, 6) is 0.825. The Morgan fingerprint density at radius 3 is 2.59 bits per heavy atom. The molecular weight excluding hydrogens is 588 g/mol. The number of para-hydroxylation sites is 1. The van der Waals surface area contributed by atoms with Crippen LogP contribution in [0.1, 0.15) is 36.6 Å². The first-order valence-corrected chi connectivity index (χ1v) is 14.8. The molecule has 0 saturated carbocycles. The van der Waals surface area contributed by atoms with E-state index in [9.17, 15) is 14.7 Å². The van der Waals surface area contributed by atoms with Crippen LogP contribution in [-0.2, 0) is 16.1 Å². The van der Waals surface area contributed by atoms with Gasteiger partial charge in [0.05, 0.1) is 31.5 Å². The first-order chi connectivity index (χ1) is 22.4. The number of nitrogens with zero attached hydrogens (tertiary/aromatic N) is 1. The Hall–Kier alpha value is -5.55. The molecule has 0 spiro atoms. The number of hydrazone groups is 1. The molecule has 0 saturated heterocycles. The van der Waals surface area contributed by atoms with E-state index in [0.717, 1.165) is 21.9 Å². The third kappa shape index (κ3) is 7.56. The molecule has 0 unspecified atom stereocenters. The molecule has 1 aliphatic rings. The van der Waals surface area contributed by atoms with Gasteiger partial charge < -0.3 is 34.7 Å². The van der Waals surface area contributed by atoms with Crippen LogP contribution in [0.2, 0.25) is 0 Å². The number of nitrogens with one attached hydrogen (secondary N) is 3. The molecule has 46 heavy (non-hydrogen) atoms. The van der Waals surface area contributed by atoms with E-state index < -0.39 is 24.3 Å². The number of ether oxygens (including phenoxy) is 4. The molecule has 0 radical (unpaired) electrons. The van der Waals surface area contributed by atoms with Crippen molar-refractivity contribution in [2.24, 2.45) is 5.10 Å². The zero-order valence-electron chi connectivity index (χ0n) is 25.8. The normalized spacial score (nSPS) is 15.2. The number of aliphatic hydroxyl groups is 1. The maximum atomic E-state index is 12.5. The van der Waals surface area contributed by atoms with Crippen LogP contribution in [0.3, 0.4) is 0 Å². The van der Waals surface area contributed by atoms with Crippen molar-refractivity contribution in [1.29, 1.82) is 0 Å². The van der Waals surface area contributed by atoms with Crippen LogP contribution >= 0.6 is 0 Å². The number of carbonyl (C=O) groups is 2. The van der Waals surface area contributed by atoms with Gasteiger partial charge in [-0.3, -0.25) is 5.43 Å². The molecule has 4 N–H and O–H groups in total. The summed E-state index contributed by atoms with van der Waals surface area (Å²) in [6.07, 6.45) is 0.429. The van der Waals surface area contributed by atoms with Crippen molar-refractivity contribution in [2.45, 2.75) is 32.7 Å². The SMILES string of the molecule is CCOc1cc([C@H]2NC(=O)NC(C)=C2C(=O)OC)ccc1OC[C@H](O)N/N=C/c1ccccc1OCc1cccc2ccccc12. The van der Waals surface area contributed by atoms with Gasteiger partial charge >= 0.3 is 12.0 Å². The second-order valence-electron chi connectivity index (χ2n) is 10.4. The van der Waals surface area contributed by atoms with Crippen LogP contribution in [0, 0.1) is 0 Å². The quantitative estimate of drug-likeness (QED) is 0.0710. The van der Waals surface area contributed by atoms with Gasteiger partial charge in [-0.2, -0.15) is 5.10 Å². The molecule has 1 heterocycles. The lowest BCUT2D eigenvalue weighted by Crippen LogP contribution is -2.45. The number of amides is 2. The number of hydrogen-bond acceptors (Lipinski definition) is 9. The highest BCUT2D eigenvalue weighted by Crippen LogP contribution is 2.35. The van der Waals surface area contributed by atoms with Gasteiger partial charge in [-0.05, 0) is 60.0 Å². The van der Waals surface area contributed by atoms with Crippen LogP contribution in [0.25, 0.3) is 10.8 Å². The Balaban J connectivity index is 1.21. The van der Waals surface area contributed by atoms with Gasteiger partial charge in [0, 0.05) is 11.3 Å². The van der Waals surface area contributed by atoms with Crippen molar-refractivity contribution < 1.29 is 33.6 Å². The van der Waals surface area contributed by atoms with Crippen LogP contribution in [0.15, 0.2) is 101 Å². The average Bonchev–Trinajstić information content (AvgIpc) is 3.06. The summed E-state index contributed by atoms with van der Waals surface area (Å²) >= 11 is 0. The van der Waals surface area contributed by atoms with Crippen molar-refractivity contribution in [2.75, 3.05) is 20.3 Å². The minimum atomic E-state index is -1.14.